The summed E-state index contributed by atoms with van der Waals surface area (Å²) in [5, 5.41) is 8.21. The van der Waals surface area contributed by atoms with Crippen LogP contribution in [0.15, 0.2) is 50.4 Å². The van der Waals surface area contributed by atoms with Crippen molar-refractivity contribution >= 4 is 51.3 Å². The molecule has 1 unspecified atom stereocenters. The van der Waals surface area contributed by atoms with E-state index in [9.17, 15) is 9.59 Å². The van der Waals surface area contributed by atoms with Gasteiger partial charge in [0.05, 0.1) is 41.9 Å². The highest BCUT2D eigenvalue weighted by atomic mass is 32.2. The first-order chi connectivity index (χ1) is 16.1. The van der Waals surface area contributed by atoms with E-state index >= 15 is 0 Å². The van der Waals surface area contributed by atoms with Crippen LogP contribution in [-0.2, 0) is 21.8 Å². The monoisotopic (exact) mass is 499 g/mol. The highest BCUT2D eigenvalue weighted by Crippen LogP contribution is 2.29. The summed E-state index contributed by atoms with van der Waals surface area (Å²) < 4.78 is 12.3. The molecule has 0 amide bonds. The van der Waals surface area contributed by atoms with Crippen molar-refractivity contribution in [2.45, 2.75) is 36.4 Å². The van der Waals surface area contributed by atoms with Gasteiger partial charge in [-0.2, -0.15) is 11.3 Å². The summed E-state index contributed by atoms with van der Waals surface area (Å²) in [7, 11) is 1.33. The Hall–Kier alpha value is -2.53. The number of ether oxygens (including phenoxy) is 2. The summed E-state index contributed by atoms with van der Waals surface area (Å²) in [5.74, 6) is 0.126. The first-order valence-electron chi connectivity index (χ1n) is 10.5. The molecule has 0 radical (unpaired) electrons. The van der Waals surface area contributed by atoms with Crippen LogP contribution in [0.3, 0.4) is 0 Å². The van der Waals surface area contributed by atoms with Crippen molar-refractivity contribution in [2.75, 3.05) is 13.7 Å². The quantitative estimate of drug-likeness (QED) is 0.204. The topological polar surface area (TPSA) is 83.3 Å². The summed E-state index contributed by atoms with van der Waals surface area (Å²) >= 11 is 4.72. The minimum absolute atomic E-state index is 0.000100. The van der Waals surface area contributed by atoms with Crippen LogP contribution in [0.1, 0.15) is 28.9 Å². The van der Waals surface area contributed by atoms with Gasteiger partial charge in [-0.1, -0.05) is 11.8 Å². The molecule has 1 saturated heterocycles. The number of hydrogen-bond donors (Lipinski definition) is 0. The number of hydrogen-bond acceptors (Lipinski definition) is 9. The Morgan fingerprint density at radius 2 is 2.21 bits per heavy atom. The molecule has 5 rings (SSSR count). The molecule has 0 aliphatic carbocycles. The zero-order valence-electron chi connectivity index (χ0n) is 17.9. The number of nitrogens with zero attached hydrogens (tertiary/aromatic N) is 3. The summed E-state index contributed by atoms with van der Waals surface area (Å²) in [6.45, 7) is 1.18. The molecule has 33 heavy (non-hydrogen) atoms. The molecule has 10 heteroatoms. The van der Waals surface area contributed by atoms with Gasteiger partial charge in [-0.15, -0.1) is 11.3 Å². The zero-order valence-corrected chi connectivity index (χ0v) is 20.3. The van der Waals surface area contributed by atoms with Crippen LogP contribution in [0.25, 0.3) is 21.5 Å². The van der Waals surface area contributed by atoms with E-state index in [2.05, 4.69) is 11.4 Å². The number of carbonyl (C=O) groups is 1. The summed E-state index contributed by atoms with van der Waals surface area (Å²) in [6.07, 6.45) is 1.92. The lowest BCUT2D eigenvalue weighted by Crippen LogP contribution is -2.29. The van der Waals surface area contributed by atoms with Gasteiger partial charge in [-0.3, -0.25) is 9.36 Å². The molecule has 4 aromatic rings. The Labute approximate surface area is 202 Å². The standard InChI is InChI=1S/C23H21N3O4S3/c1-29-22(28)14-4-5-18-19(9-14)25-23(26(21(18)27)10-17-3-2-7-30-17)33-13-16-12-32-20(24-16)15-6-8-31-11-15/h4-6,8-9,11-12,17H,2-3,7,10,13H2,1H3. The number of thioether (sulfide) groups is 1. The molecular formula is C23H21N3O4S3. The molecule has 170 valence electrons. The van der Waals surface area contributed by atoms with Crippen LogP contribution in [0, 0.1) is 0 Å². The van der Waals surface area contributed by atoms with E-state index in [1.165, 1.54) is 18.9 Å². The van der Waals surface area contributed by atoms with Crippen molar-refractivity contribution in [1.29, 1.82) is 0 Å². The second-order valence-electron chi connectivity index (χ2n) is 7.61. The maximum Gasteiger partial charge on any atom is 0.337 e. The molecular weight excluding hydrogens is 478 g/mol. The van der Waals surface area contributed by atoms with Crippen LogP contribution in [0.4, 0.5) is 0 Å². The Morgan fingerprint density at radius 1 is 1.30 bits per heavy atom. The highest BCUT2D eigenvalue weighted by Gasteiger charge is 2.21. The van der Waals surface area contributed by atoms with E-state index < -0.39 is 5.97 Å². The molecule has 0 N–H and O–H groups in total. The van der Waals surface area contributed by atoms with E-state index in [1.807, 2.05) is 10.8 Å². The molecule has 0 saturated carbocycles. The minimum atomic E-state index is -0.458. The number of fused-ring (bicyclic) bond motifs is 1. The van der Waals surface area contributed by atoms with Crippen LogP contribution in [0.2, 0.25) is 0 Å². The number of esters is 1. The highest BCUT2D eigenvalue weighted by molar-refractivity contribution is 7.98. The summed E-state index contributed by atoms with van der Waals surface area (Å²) in [5.41, 5.74) is 2.77. The van der Waals surface area contributed by atoms with Crippen molar-refractivity contribution in [3.8, 4) is 10.6 Å². The Balaban J connectivity index is 1.48. The fourth-order valence-corrected chi connectivity index (χ4v) is 6.28. The molecule has 0 bridgehead atoms. The van der Waals surface area contributed by atoms with E-state index in [0.29, 0.717) is 33.9 Å². The molecule has 4 heterocycles. The van der Waals surface area contributed by atoms with Gasteiger partial charge in [0.1, 0.15) is 5.01 Å². The molecule has 1 fully saturated rings. The first kappa shape index (κ1) is 22.3. The van der Waals surface area contributed by atoms with Gasteiger partial charge in [0.2, 0.25) is 0 Å². The number of thiophene rings is 1. The first-order valence-corrected chi connectivity index (χ1v) is 13.3. The van der Waals surface area contributed by atoms with E-state index in [4.69, 9.17) is 19.4 Å². The van der Waals surface area contributed by atoms with Gasteiger partial charge in [-0.25, -0.2) is 14.8 Å². The average molecular weight is 500 g/mol. The normalized spacial score (nSPS) is 15.8. The summed E-state index contributed by atoms with van der Waals surface area (Å²) in [4.78, 5) is 34.9. The van der Waals surface area contributed by atoms with Gasteiger partial charge in [0.15, 0.2) is 5.16 Å². The smallest absolute Gasteiger partial charge is 0.337 e. The van der Waals surface area contributed by atoms with Crippen molar-refractivity contribution < 1.29 is 14.3 Å². The SMILES string of the molecule is COC(=O)c1ccc2c(=O)n(CC3CCCO3)c(SCc3csc(-c4ccsc4)n3)nc2c1. The number of aromatic nitrogens is 3. The number of benzene rings is 1. The number of rotatable bonds is 7. The van der Waals surface area contributed by atoms with Crippen LogP contribution in [0.5, 0.6) is 0 Å². The van der Waals surface area contributed by atoms with Crippen molar-refractivity contribution in [3.05, 3.63) is 62.0 Å². The van der Waals surface area contributed by atoms with Crippen LogP contribution in [-0.4, -0.2) is 40.3 Å². The van der Waals surface area contributed by atoms with Crippen molar-refractivity contribution in [2.24, 2.45) is 0 Å². The van der Waals surface area contributed by atoms with Crippen LogP contribution < -0.4 is 5.56 Å². The Morgan fingerprint density at radius 3 is 2.97 bits per heavy atom. The Kier molecular flexibility index (Phi) is 6.59. The average Bonchev–Trinajstić information content (AvgIpc) is 3.61. The molecule has 1 atom stereocenters. The van der Waals surface area contributed by atoms with Gasteiger partial charge in [0.25, 0.3) is 5.56 Å². The molecule has 1 aliphatic heterocycles. The second kappa shape index (κ2) is 9.76. The molecule has 1 aliphatic rings. The summed E-state index contributed by atoms with van der Waals surface area (Å²) in [6, 6.07) is 6.91. The maximum atomic E-state index is 13.4. The predicted molar refractivity (Wildman–Crippen MR) is 131 cm³/mol. The third kappa shape index (κ3) is 4.74. The number of thiazole rings is 1. The van der Waals surface area contributed by atoms with Crippen LogP contribution >= 0.6 is 34.4 Å². The lowest BCUT2D eigenvalue weighted by atomic mass is 10.1. The fourth-order valence-electron chi connectivity index (χ4n) is 3.74. The fraction of sp³-hybridized carbons (Fsp3) is 0.304. The number of carbonyl (C=O) groups excluding carboxylic acids is 1. The van der Waals surface area contributed by atoms with Gasteiger partial charge >= 0.3 is 5.97 Å². The number of methoxy groups -OCH3 is 1. The largest absolute Gasteiger partial charge is 0.465 e. The van der Waals surface area contributed by atoms with Gasteiger partial charge < -0.3 is 9.47 Å². The molecule has 1 aromatic carbocycles. The molecule has 7 nitrogen and oxygen atoms in total. The Bertz CT molecular complexity index is 1340. The molecule has 0 spiro atoms. The van der Waals surface area contributed by atoms with E-state index in [1.54, 1.807) is 45.4 Å². The van der Waals surface area contributed by atoms with E-state index in [-0.39, 0.29) is 11.7 Å². The van der Waals surface area contributed by atoms with E-state index in [0.717, 1.165) is 35.7 Å². The van der Waals surface area contributed by atoms with Gasteiger partial charge in [0, 0.05) is 28.7 Å². The second-order valence-corrected chi connectivity index (χ2v) is 10.2. The molecule has 3 aromatic heterocycles. The van der Waals surface area contributed by atoms with Gasteiger partial charge in [-0.05, 0) is 42.5 Å². The lowest BCUT2D eigenvalue weighted by molar-refractivity contribution is 0.0601. The maximum absolute atomic E-state index is 13.4. The third-order valence-corrected chi connectivity index (χ3v) is 8.05. The minimum Gasteiger partial charge on any atom is -0.465 e. The van der Waals surface area contributed by atoms with Crippen molar-refractivity contribution in [1.82, 2.24) is 14.5 Å². The third-order valence-electron chi connectivity index (χ3n) is 5.42. The predicted octanol–water partition coefficient (Wildman–Crippen LogP) is 4.84. The zero-order chi connectivity index (χ0) is 22.8. The lowest BCUT2D eigenvalue weighted by Gasteiger charge is -2.16. The van der Waals surface area contributed by atoms with Crippen molar-refractivity contribution in [3.63, 3.8) is 0 Å².